The van der Waals surface area contributed by atoms with E-state index in [0.29, 0.717) is 12.0 Å². The van der Waals surface area contributed by atoms with Crippen molar-refractivity contribution >= 4 is 5.91 Å². The summed E-state index contributed by atoms with van der Waals surface area (Å²) in [6, 6.07) is 0. The molecule has 1 amide bonds. The van der Waals surface area contributed by atoms with Crippen molar-refractivity contribution in [2.45, 2.75) is 51.0 Å². The first-order valence-electron chi connectivity index (χ1n) is 7.83. The Kier molecular flexibility index (Phi) is 3.56. The second-order valence-corrected chi connectivity index (χ2v) is 7.17. The second-order valence-electron chi connectivity index (χ2n) is 7.17. The topological polar surface area (TPSA) is 44.4 Å². The number of amides is 1. The third-order valence-corrected chi connectivity index (χ3v) is 5.60. The lowest BCUT2D eigenvalue weighted by Gasteiger charge is -2.52. The number of nitrogens with one attached hydrogen (secondary N) is 2. The summed E-state index contributed by atoms with van der Waals surface area (Å²) in [5, 5.41) is 6.71. The number of rotatable bonds is 3. The van der Waals surface area contributed by atoms with Crippen molar-refractivity contribution in [2.24, 2.45) is 5.41 Å². The maximum Gasteiger partial charge on any atom is 0.234 e. The highest BCUT2D eigenvalue weighted by Crippen LogP contribution is 2.51. The van der Waals surface area contributed by atoms with Crippen molar-refractivity contribution in [3.63, 3.8) is 0 Å². The molecule has 3 aliphatic carbocycles. The Balaban J connectivity index is 1.52. The van der Waals surface area contributed by atoms with Crippen LogP contribution in [0.2, 0.25) is 0 Å². The Morgan fingerprint density at radius 1 is 1.11 bits per heavy atom. The fourth-order valence-electron chi connectivity index (χ4n) is 3.97. The van der Waals surface area contributed by atoms with Gasteiger partial charge in [0.05, 0.1) is 6.54 Å². The van der Waals surface area contributed by atoms with E-state index in [1.165, 1.54) is 38.5 Å². The van der Waals surface area contributed by atoms with Gasteiger partial charge in [0.1, 0.15) is 0 Å². The lowest BCUT2D eigenvalue weighted by molar-refractivity contribution is -0.126. The highest BCUT2D eigenvalue weighted by Gasteiger charge is 2.46. The predicted octanol–water partition coefficient (Wildman–Crippen LogP) is 1.12. The quantitative estimate of drug-likeness (QED) is 0.804. The van der Waals surface area contributed by atoms with Crippen LogP contribution in [0, 0.1) is 5.41 Å². The Hall–Kier alpha value is -0.610. The molecule has 1 aliphatic heterocycles. The average Bonchev–Trinajstić information content (AvgIpc) is 2.42. The Bertz CT molecular complexity index is 325. The SMILES string of the molecule is CC12CCC(NC(=O)CN3CCNCC3)(CC1)CC2. The largest absolute Gasteiger partial charge is 0.350 e. The molecule has 2 bridgehead atoms. The Morgan fingerprint density at radius 2 is 1.68 bits per heavy atom. The van der Waals surface area contributed by atoms with Crippen LogP contribution in [0.4, 0.5) is 0 Å². The van der Waals surface area contributed by atoms with Gasteiger partial charge in [-0.2, -0.15) is 0 Å². The summed E-state index contributed by atoms with van der Waals surface area (Å²) in [4.78, 5) is 14.5. The number of carbonyl (C=O) groups excluding carboxylic acids is 1. The Labute approximate surface area is 116 Å². The van der Waals surface area contributed by atoms with Gasteiger partial charge in [-0.3, -0.25) is 9.69 Å². The van der Waals surface area contributed by atoms with E-state index in [2.05, 4.69) is 22.5 Å². The van der Waals surface area contributed by atoms with E-state index in [-0.39, 0.29) is 11.4 Å². The summed E-state index contributed by atoms with van der Waals surface area (Å²) in [5.41, 5.74) is 0.716. The van der Waals surface area contributed by atoms with E-state index >= 15 is 0 Å². The van der Waals surface area contributed by atoms with Gasteiger partial charge in [0.2, 0.25) is 5.91 Å². The normalized spacial score (nSPS) is 39.2. The van der Waals surface area contributed by atoms with E-state index in [1.54, 1.807) is 0 Å². The maximum absolute atomic E-state index is 12.3. The molecule has 4 aliphatic rings. The molecule has 2 N–H and O–H groups in total. The lowest BCUT2D eigenvalue weighted by atomic mass is 9.58. The maximum atomic E-state index is 12.3. The van der Waals surface area contributed by atoms with Crippen LogP contribution in [0.15, 0.2) is 0 Å². The molecule has 0 radical (unpaired) electrons. The first kappa shape index (κ1) is 13.4. The van der Waals surface area contributed by atoms with E-state index in [0.717, 1.165) is 26.2 Å². The zero-order valence-corrected chi connectivity index (χ0v) is 12.1. The van der Waals surface area contributed by atoms with Crippen molar-refractivity contribution in [3.8, 4) is 0 Å². The zero-order valence-electron chi connectivity index (χ0n) is 12.1. The van der Waals surface area contributed by atoms with Crippen LogP contribution in [0.25, 0.3) is 0 Å². The van der Waals surface area contributed by atoms with Crippen LogP contribution in [-0.2, 0) is 4.79 Å². The number of hydrogen-bond donors (Lipinski definition) is 2. The van der Waals surface area contributed by atoms with E-state index < -0.39 is 0 Å². The molecule has 4 nitrogen and oxygen atoms in total. The minimum absolute atomic E-state index is 0.142. The molecular formula is C15H27N3O. The molecule has 19 heavy (non-hydrogen) atoms. The molecule has 4 fully saturated rings. The molecule has 108 valence electrons. The molecule has 0 aromatic carbocycles. The van der Waals surface area contributed by atoms with Crippen molar-refractivity contribution < 1.29 is 4.79 Å². The molecule has 1 saturated heterocycles. The molecule has 4 rings (SSSR count). The van der Waals surface area contributed by atoms with E-state index in [1.807, 2.05) is 0 Å². The molecule has 0 spiro atoms. The molecule has 4 heteroatoms. The Morgan fingerprint density at radius 3 is 2.26 bits per heavy atom. The van der Waals surface area contributed by atoms with Crippen LogP contribution in [0.3, 0.4) is 0 Å². The van der Waals surface area contributed by atoms with Crippen molar-refractivity contribution in [1.82, 2.24) is 15.5 Å². The number of fused-ring (bicyclic) bond motifs is 3. The molecular weight excluding hydrogens is 238 g/mol. The van der Waals surface area contributed by atoms with Crippen LogP contribution in [0.1, 0.15) is 45.4 Å². The van der Waals surface area contributed by atoms with Gasteiger partial charge in [-0.15, -0.1) is 0 Å². The number of hydrogen-bond acceptors (Lipinski definition) is 3. The van der Waals surface area contributed by atoms with Crippen LogP contribution in [0.5, 0.6) is 0 Å². The van der Waals surface area contributed by atoms with Gasteiger partial charge in [-0.25, -0.2) is 0 Å². The van der Waals surface area contributed by atoms with Crippen molar-refractivity contribution in [1.29, 1.82) is 0 Å². The van der Waals surface area contributed by atoms with Gasteiger partial charge >= 0.3 is 0 Å². The lowest BCUT2D eigenvalue weighted by Crippen LogP contribution is -2.58. The number of nitrogens with zero attached hydrogens (tertiary/aromatic N) is 1. The molecule has 0 unspecified atom stereocenters. The van der Waals surface area contributed by atoms with Gasteiger partial charge in [-0.1, -0.05) is 6.92 Å². The number of piperazine rings is 1. The summed E-state index contributed by atoms with van der Waals surface area (Å²) in [7, 11) is 0. The zero-order chi connectivity index (χ0) is 13.3. The number of carbonyl (C=O) groups is 1. The fraction of sp³-hybridized carbons (Fsp3) is 0.933. The summed E-state index contributed by atoms with van der Waals surface area (Å²) in [6.45, 7) is 7.02. The standard InChI is InChI=1S/C15H27N3O/c1-14-2-5-15(6-3-14,7-4-14)17-13(19)12-18-10-8-16-9-11-18/h16H,2-12H2,1H3,(H,17,19). The van der Waals surface area contributed by atoms with Gasteiger partial charge < -0.3 is 10.6 Å². The fourth-order valence-corrected chi connectivity index (χ4v) is 3.97. The highest BCUT2D eigenvalue weighted by molar-refractivity contribution is 5.79. The first-order valence-corrected chi connectivity index (χ1v) is 7.83. The van der Waals surface area contributed by atoms with Crippen molar-refractivity contribution in [3.05, 3.63) is 0 Å². The van der Waals surface area contributed by atoms with Crippen LogP contribution >= 0.6 is 0 Å². The monoisotopic (exact) mass is 265 g/mol. The molecule has 0 atom stereocenters. The van der Waals surface area contributed by atoms with Crippen molar-refractivity contribution in [2.75, 3.05) is 32.7 Å². The minimum atomic E-state index is 0.142. The predicted molar refractivity (Wildman–Crippen MR) is 76.0 cm³/mol. The summed E-state index contributed by atoms with van der Waals surface area (Å²) in [6.07, 6.45) is 7.45. The highest BCUT2D eigenvalue weighted by atomic mass is 16.2. The summed E-state index contributed by atoms with van der Waals surface area (Å²) >= 11 is 0. The third kappa shape index (κ3) is 2.95. The molecule has 3 saturated carbocycles. The third-order valence-electron chi connectivity index (χ3n) is 5.60. The van der Waals surface area contributed by atoms with Gasteiger partial charge in [0.25, 0.3) is 0 Å². The average molecular weight is 265 g/mol. The second kappa shape index (κ2) is 5.06. The molecule has 0 aromatic heterocycles. The summed E-state index contributed by atoms with van der Waals surface area (Å²) in [5.74, 6) is 0.243. The first-order chi connectivity index (χ1) is 9.09. The molecule has 1 heterocycles. The summed E-state index contributed by atoms with van der Waals surface area (Å²) < 4.78 is 0. The minimum Gasteiger partial charge on any atom is -0.350 e. The van der Waals surface area contributed by atoms with Gasteiger partial charge in [0, 0.05) is 31.7 Å². The van der Waals surface area contributed by atoms with Gasteiger partial charge in [0.15, 0.2) is 0 Å². The molecule has 0 aromatic rings. The smallest absolute Gasteiger partial charge is 0.234 e. The van der Waals surface area contributed by atoms with Crippen LogP contribution < -0.4 is 10.6 Å². The van der Waals surface area contributed by atoms with Gasteiger partial charge in [-0.05, 0) is 43.9 Å². The van der Waals surface area contributed by atoms with E-state index in [4.69, 9.17) is 0 Å². The van der Waals surface area contributed by atoms with E-state index in [9.17, 15) is 4.79 Å². The van der Waals surface area contributed by atoms with Crippen LogP contribution in [-0.4, -0.2) is 49.1 Å².